The van der Waals surface area contributed by atoms with E-state index >= 15 is 0 Å². The van der Waals surface area contributed by atoms with Gasteiger partial charge in [0, 0.05) is 11.3 Å². The summed E-state index contributed by atoms with van der Waals surface area (Å²) in [5.41, 5.74) is 2.50. The van der Waals surface area contributed by atoms with Gasteiger partial charge in [-0.3, -0.25) is 0 Å². The average molecular weight is 320 g/mol. The molecule has 2 fully saturated rings. The molecule has 0 aromatic rings. The van der Waals surface area contributed by atoms with Crippen molar-refractivity contribution in [2.45, 2.75) is 72.2 Å². The molecule has 3 aliphatic rings. The fourth-order valence-corrected chi connectivity index (χ4v) is 5.60. The Labute approximate surface area is 140 Å². The molecule has 0 bridgehead atoms. The predicted octanol–water partition coefficient (Wildman–Crippen LogP) is 3.81. The van der Waals surface area contributed by atoms with Crippen molar-refractivity contribution in [2.75, 3.05) is 6.61 Å². The van der Waals surface area contributed by atoms with Crippen LogP contribution in [-0.2, 0) is 4.74 Å². The van der Waals surface area contributed by atoms with Crippen LogP contribution < -0.4 is 0 Å². The zero-order valence-corrected chi connectivity index (χ0v) is 15.0. The zero-order valence-electron chi connectivity index (χ0n) is 15.0. The fraction of sp³-hybridized carbons (Fsp3) is 0.800. The summed E-state index contributed by atoms with van der Waals surface area (Å²) in [6.07, 6.45) is 8.64. The third-order valence-corrected chi connectivity index (χ3v) is 6.96. The third kappa shape index (κ3) is 2.71. The van der Waals surface area contributed by atoms with Crippen LogP contribution in [0.4, 0.5) is 0 Å². The smallest absolute Gasteiger partial charge is 0.162 e. The Balaban J connectivity index is 1.91. The highest BCUT2D eigenvalue weighted by Gasteiger charge is 2.61. The van der Waals surface area contributed by atoms with Crippen molar-refractivity contribution < 1.29 is 14.9 Å². The minimum atomic E-state index is -0.760. The second kappa shape index (κ2) is 6.02. The van der Waals surface area contributed by atoms with Crippen LogP contribution in [0, 0.1) is 22.7 Å². The van der Waals surface area contributed by atoms with Gasteiger partial charge in [0.15, 0.2) is 6.29 Å². The van der Waals surface area contributed by atoms with E-state index in [0.717, 1.165) is 32.1 Å². The monoisotopic (exact) mass is 320 g/mol. The SMILES string of the molecule is CC(C)=CCC[C@]1(C)CC[C@@H](O)[C@@]2(C)C1CC=C1CO[C@@H](O)[C@@H]12. The minimum Gasteiger partial charge on any atom is -0.393 e. The van der Waals surface area contributed by atoms with E-state index in [-0.39, 0.29) is 22.9 Å². The van der Waals surface area contributed by atoms with Crippen molar-refractivity contribution >= 4 is 0 Å². The molecule has 0 radical (unpaired) electrons. The topological polar surface area (TPSA) is 49.7 Å². The van der Waals surface area contributed by atoms with E-state index in [1.54, 1.807) is 0 Å². The Kier molecular flexibility index (Phi) is 4.50. The lowest BCUT2D eigenvalue weighted by Crippen LogP contribution is -2.58. The Morgan fingerprint density at radius 3 is 2.78 bits per heavy atom. The molecule has 1 aliphatic heterocycles. The summed E-state index contributed by atoms with van der Waals surface area (Å²) in [5.74, 6) is 0.355. The number of fused-ring (bicyclic) bond motifs is 3. The van der Waals surface area contributed by atoms with Gasteiger partial charge in [0.05, 0.1) is 12.7 Å². The summed E-state index contributed by atoms with van der Waals surface area (Å²) >= 11 is 0. The molecule has 1 saturated carbocycles. The second-order valence-corrected chi connectivity index (χ2v) is 8.64. The Bertz CT molecular complexity index is 519. The van der Waals surface area contributed by atoms with Crippen LogP contribution in [0.25, 0.3) is 0 Å². The lowest BCUT2D eigenvalue weighted by molar-refractivity contribution is -0.183. The summed E-state index contributed by atoms with van der Waals surface area (Å²) < 4.78 is 5.51. The van der Waals surface area contributed by atoms with Gasteiger partial charge in [-0.2, -0.15) is 0 Å². The first kappa shape index (κ1) is 17.2. The maximum absolute atomic E-state index is 10.9. The van der Waals surface area contributed by atoms with Crippen LogP contribution in [0.15, 0.2) is 23.3 Å². The lowest BCUT2D eigenvalue weighted by atomic mass is 9.46. The van der Waals surface area contributed by atoms with Crippen molar-refractivity contribution in [3.05, 3.63) is 23.3 Å². The highest BCUT2D eigenvalue weighted by Crippen LogP contribution is 2.62. The minimum absolute atomic E-state index is 0.0423. The first-order chi connectivity index (χ1) is 10.8. The van der Waals surface area contributed by atoms with Crippen LogP contribution in [0.5, 0.6) is 0 Å². The molecule has 1 saturated heterocycles. The van der Waals surface area contributed by atoms with E-state index in [9.17, 15) is 10.2 Å². The van der Waals surface area contributed by atoms with Crippen molar-refractivity contribution in [2.24, 2.45) is 22.7 Å². The highest BCUT2D eigenvalue weighted by atomic mass is 16.6. The maximum Gasteiger partial charge on any atom is 0.162 e. The molecule has 3 nitrogen and oxygen atoms in total. The fourth-order valence-electron chi connectivity index (χ4n) is 5.60. The molecule has 0 amide bonds. The molecule has 3 rings (SSSR count). The molecule has 1 unspecified atom stereocenters. The first-order valence-electron chi connectivity index (χ1n) is 9.09. The van der Waals surface area contributed by atoms with Gasteiger partial charge in [0.1, 0.15) is 0 Å². The summed E-state index contributed by atoms with van der Waals surface area (Å²) in [6.45, 7) is 9.41. The van der Waals surface area contributed by atoms with E-state index in [2.05, 4.69) is 39.8 Å². The zero-order chi connectivity index (χ0) is 16.8. The van der Waals surface area contributed by atoms with Crippen LogP contribution in [0.3, 0.4) is 0 Å². The van der Waals surface area contributed by atoms with Gasteiger partial charge in [-0.1, -0.05) is 31.6 Å². The molecule has 2 N–H and O–H groups in total. The van der Waals surface area contributed by atoms with Gasteiger partial charge in [-0.25, -0.2) is 0 Å². The number of allylic oxidation sites excluding steroid dienone is 3. The standard InChI is InChI=1S/C20H32O3/c1-13(2)6-5-10-19(3)11-9-16(21)20(4)15(19)8-7-14-12-23-18(22)17(14)20/h6-7,15-18,21-22H,5,8-12H2,1-4H3/t15?,16-,17-,18-,19-,20-/m1/s1. The molecule has 1 heterocycles. The lowest BCUT2D eigenvalue weighted by Gasteiger charge is -2.59. The number of hydrogen-bond donors (Lipinski definition) is 2. The van der Waals surface area contributed by atoms with Crippen molar-refractivity contribution in [1.29, 1.82) is 0 Å². The number of hydrogen-bond acceptors (Lipinski definition) is 3. The van der Waals surface area contributed by atoms with Crippen LogP contribution >= 0.6 is 0 Å². The van der Waals surface area contributed by atoms with Gasteiger partial charge in [0.2, 0.25) is 0 Å². The van der Waals surface area contributed by atoms with E-state index in [0.29, 0.717) is 12.5 Å². The quantitative estimate of drug-likeness (QED) is 0.777. The third-order valence-electron chi connectivity index (χ3n) is 6.96. The number of aliphatic hydroxyl groups excluding tert-OH is 2. The summed E-state index contributed by atoms with van der Waals surface area (Å²) in [5, 5.41) is 21.3. The molecular weight excluding hydrogens is 288 g/mol. The number of rotatable bonds is 3. The molecular formula is C20H32O3. The maximum atomic E-state index is 10.9. The van der Waals surface area contributed by atoms with Crippen LogP contribution in [0.2, 0.25) is 0 Å². The average Bonchev–Trinajstić information content (AvgIpc) is 2.86. The highest BCUT2D eigenvalue weighted by molar-refractivity contribution is 5.25. The van der Waals surface area contributed by atoms with Gasteiger partial charge in [-0.15, -0.1) is 0 Å². The van der Waals surface area contributed by atoms with E-state index in [4.69, 9.17) is 4.74 Å². The Morgan fingerprint density at radius 1 is 1.35 bits per heavy atom. The summed E-state index contributed by atoms with van der Waals surface area (Å²) in [4.78, 5) is 0. The van der Waals surface area contributed by atoms with Gasteiger partial charge >= 0.3 is 0 Å². The summed E-state index contributed by atoms with van der Waals surface area (Å²) in [6, 6.07) is 0. The first-order valence-corrected chi connectivity index (χ1v) is 9.09. The molecule has 0 spiro atoms. The van der Waals surface area contributed by atoms with Gasteiger partial charge in [0.25, 0.3) is 0 Å². The molecule has 130 valence electrons. The molecule has 0 aromatic heterocycles. The van der Waals surface area contributed by atoms with Crippen molar-refractivity contribution in [3.63, 3.8) is 0 Å². The normalized spacial score (nSPS) is 45.9. The largest absolute Gasteiger partial charge is 0.393 e. The summed E-state index contributed by atoms with van der Waals surface area (Å²) in [7, 11) is 0. The predicted molar refractivity (Wildman–Crippen MR) is 91.8 cm³/mol. The Morgan fingerprint density at radius 2 is 2.09 bits per heavy atom. The molecule has 0 aromatic carbocycles. The van der Waals surface area contributed by atoms with Crippen LogP contribution in [-0.4, -0.2) is 29.2 Å². The molecule has 2 aliphatic carbocycles. The Hall–Kier alpha value is -0.640. The second-order valence-electron chi connectivity index (χ2n) is 8.64. The van der Waals surface area contributed by atoms with Gasteiger partial charge in [-0.05, 0) is 62.9 Å². The number of aliphatic hydroxyl groups is 2. The van der Waals surface area contributed by atoms with Crippen molar-refractivity contribution in [3.8, 4) is 0 Å². The van der Waals surface area contributed by atoms with Crippen LogP contribution in [0.1, 0.15) is 59.8 Å². The molecule has 23 heavy (non-hydrogen) atoms. The number of ether oxygens (including phenoxy) is 1. The van der Waals surface area contributed by atoms with Gasteiger partial charge < -0.3 is 14.9 Å². The van der Waals surface area contributed by atoms with E-state index in [1.807, 2.05) is 0 Å². The van der Waals surface area contributed by atoms with E-state index in [1.165, 1.54) is 11.1 Å². The molecule has 3 heteroatoms. The van der Waals surface area contributed by atoms with E-state index < -0.39 is 6.29 Å². The van der Waals surface area contributed by atoms with Crippen molar-refractivity contribution in [1.82, 2.24) is 0 Å². The molecule has 6 atom stereocenters.